The number of hydrogen-bond donors (Lipinski definition) is 1. The number of hydrogen-bond acceptors (Lipinski definition) is 7. The van der Waals surface area contributed by atoms with Gasteiger partial charge in [0.25, 0.3) is 5.69 Å². The van der Waals surface area contributed by atoms with E-state index in [2.05, 4.69) is 10.5 Å². The Balaban J connectivity index is 1.72. The summed E-state index contributed by atoms with van der Waals surface area (Å²) < 4.78 is 10.7. The third-order valence-electron chi connectivity index (χ3n) is 4.01. The molecule has 0 saturated carbocycles. The van der Waals surface area contributed by atoms with E-state index in [4.69, 9.17) is 32.7 Å². The Morgan fingerprint density at radius 1 is 1.10 bits per heavy atom. The number of methoxy groups -OCH3 is 1. The molecule has 0 unspecified atom stereocenters. The maximum absolute atomic E-state index is 12.4. The van der Waals surface area contributed by atoms with Crippen molar-refractivity contribution >= 4 is 46.8 Å². The molecule has 0 saturated heterocycles. The van der Waals surface area contributed by atoms with Crippen LogP contribution in [0.1, 0.15) is 15.9 Å². The van der Waals surface area contributed by atoms with Crippen LogP contribution in [0.25, 0.3) is 0 Å². The Labute approximate surface area is 187 Å². The number of nitrogens with zero attached hydrogens (tertiary/aromatic N) is 2. The molecule has 0 heterocycles. The SMILES string of the molecule is COc1cc(C=NNc2cccc([N+](=O)[O-])c2)ccc1OC(=O)c1ccc(Cl)cc1Cl. The first kappa shape index (κ1) is 22.1. The molecule has 1 N–H and O–H groups in total. The highest BCUT2D eigenvalue weighted by Crippen LogP contribution is 2.30. The summed E-state index contributed by atoms with van der Waals surface area (Å²) in [5.74, 6) is -0.159. The normalized spacial score (nSPS) is 10.7. The van der Waals surface area contributed by atoms with Gasteiger partial charge in [0.1, 0.15) is 0 Å². The fraction of sp³-hybridized carbons (Fsp3) is 0.0476. The summed E-state index contributed by atoms with van der Waals surface area (Å²) in [6, 6.07) is 15.2. The first-order valence-electron chi connectivity index (χ1n) is 8.76. The summed E-state index contributed by atoms with van der Waals surface area (Å²) in [5.41, 5.74) is 3.94. The lowest BCUT2D eigenvalue weighted by Crippen LogP contribution is -2.10. The minimum atomic E-state index is -0.659. The van der Waals surface area contributed by atoms with Crippen molar-refractivity contribution in [1.29, 1.82) is 0 Å². The van der Waals surface area contributed by atoms with E-state index in [1.165, 1.54) is 43.7 Å². The van der Waals surface area contributed by atoms with Crippen molar-refractivity contribution in [3.05, 3.63) is 92.0 Å². The number of benzene rings is 3. The van der Waals surface area contributed by atoms with E-state index >= 15 is 0 Å². The molecule has 0 aromatic heterocycles. The molecule has 0 spiro atoms. The Morgan fingerprint density at radius 2 is 1.90 bits per heavy atom. The van der Waals surface area contributed by atoms with Crippen LogP contribution in [0.3, 0.4) is 0 Å². The van der Waals surface area contributed by atoms with Gasteiger partial charge in [-0.2, -0.15) is 5.10 Å². The Hall–Kier alpha value is -3.62. The number of halogens is 2. The molecule has 0 amide bonds. The second-order valence-corrected chi connectivity index (χ2v) is 6.95. The van der Waals surface area contributed by atoms with Gasteiger partial charge in [0.05, 0.1) is 34.5 Å². The van der Waals surface area contributed by atoms with Crippen LogP contribution in [-0.4, -0.2) is 24.2 Å². The predicted octanol–water partition coefficient (Wildman–Crippen LogP) is 5.58. The van der Waals surface area contributed by atoms with Crippen LogP contribution in [0.15, 0.2) is 65.8 Å². The monoisotopic (exact) mass is 459 g/mol. The fourth-order valence-electron chi connectivity index (χ4n) is 2.53. The molecule has 0 fully saturated rings. The number of nitrogens with one attached hydrogen (secondary N) is 1. The third kappa shape index (κ3) is 5.71. The molecule has 3 rings (SSSR count). The number of carbonyl (C=O) groups excluding carboxylic acids is 1. The average molecular weight is 460 g/mol. The first-order valence-corrected chi connectivity index (χ1v) is 9.52. The Kier molecular flexibility index (Phi) is 7.07. The zero-order chi connectivity index (χ0) is 22.4. The van der Waals surface area contributed by atoms with E-state index in [1.807, 2.05) is 0 Å². The number of esters is 1. The van der Waals surface area contributed by atoms with Gasteiger partial charge in [-0.15, -0.1) is 0 Å². The topological polar surface area (TPSA) is 103 Å². The first-order chi connectivity index (χ1) is 14.9. The maximum atomic E-state index is 12.4. The smallest absolute Gasteiger partial charge is 0.345 e. The van der Waals surface area contributed by atoms with Crippen molar-refractivity contribution < 1.29 is 19.2 Å². The lowest BCUT2D eigenvalue weighted by molar-refractivity contribution is -0.384. The van der Waals surface area contributed by atoms with Crippen molar-refractivity contribution in [1.82, 2.24) is 0 Å². The van der Waals surface area contributed by atoms with Crippen LogP contribution in [-0.2, 0) is 0 Å². The van der Waals surface area contributed by atoms with Crippen LogP contribution >= 0.6 is 23.2 Å². The van der Waals surface area contributed by atoms with Gasteiger partial charge in [-0.05, 0) is 48.0 Å². The molecule has 3 aromatic rings. The van der Waals surface area contributed by atoms with Crippen LogP contribution in [0.5, 0.6) is 11.5 Å². The number of carbonyl (C=O) groups is 1. The minimum absolute atomic E-state index is 0.0474. The van der Waals surface area contributed by atoms with E-state index in [0.29, 0.717) is 22.0 Å². The maximum Gasteiger partial charge on any atom is 0.345 e. The van der Waals surface area contributed by atoms with Gasteiger partial charge in [-0.3, -0.25) is 15.5 Å². The summed E-state index contributed by atoms with van der Waals surface area (Å²) in [4.78, 5) is 22.8. The van der Waals surface area contributed by atoms with E-state index in [0.717, 1.165) is 0 Å². The number of nitro benzene ring substituents is 1. The summed E-state index contributed by atoms with van der Waals surface area (Å²) in [6.45, 7) is 0. The van der Waals surface area contributed by atoms with Crippen molar-refractivity contribution in [2.24, 2.45) is 5.10 Å². The lowest BCUT2D eigenvalue weighted by Gasteiger charge is -2.10. The van der Waals surface area contributed by atoms with Crippen molar-refractivity contribution in [2.45, 2.75) is 0 Å². The summed E-state index contributed by atoms with van der Waals surface area (Å²) in [5, 5.41) is 15.5. The number of anilines is 1. The molecule has 0 radical (unpaired) electrons. The fourth-order valence-corrected chi connectivity index (χ4v) is 3.01. The summed E-state index contributed by atoms with van der Waals surface area (Å²) in [6.07, 6.45) is 1.49. The highest BCUT2D eigenvalue weighted by molar-refractivity contribution is 6.36. The number of non-ortho nitro benzene ring substituents is 1. The van der Waals surface area contributed by atoms with Crippen molar-refractivity contribution in [2.75, 3.05) is 12.5 Å². The van der Waals surface area contributed by atoms with Gasteiger partial charge < -0.3 is 9.47 Å². The van der Waals surface area contributed by atoms with Crippen molar-refractivity contribution in [3.8, 4) is 11.5 Å². The van der Waals surface area contributed by atoms with Crippen LogP contribution in [0.4, 0.5) is 11.4 Å². The molecular weight excluding hydrogens is 445 g/mol. The van der Waals surface area contributed by atoms with E-state index in [9.17, 15) is 14.9 Å². The molecule has 10 heteroatoms. The summed E-state index contributed by atoms with van der Waals surface area (Å²) in [7, 11) is 1.43. The van der Waals surface area contributed by atoms with Gasteiger partial charge in [0.2, 0.25) is 0 Å². The van der Waals surface area contributed by atoms with E-state index in [1.54, 1.807) is 30.3 Å². The quantitative estimate of drug-likeness (QED) is 0.162. The van der Waals surface area contributed by atoms with Gasteiger partial charge in [0, 0.05) is 17.2 Å². The molecule has 0 aliphatic rings. The minimum Gasteiger partial charge on any atom is -0.493 e. The number of rotatable bonds is 7. The zero-order valence-electron chi connectivity index (χ0n) is 16.0. The molecule has 0 aliphatic carbocycles. The second-order valence-electron chi connectivity index (χ2n) is 6.10. The molecule has 0 atom stereocenters. The third-order valence-corrected chi connectivity index (χ3v) is 4.55. The molecule has 0 bridgehead atoms. The van der Waals surface area contributed by atoms with E-state index < -0.39 is 10.9 Å². The molecule has 3 aromatic carbocycles. The highest BCUT2D eigenvalue weighted by atomic mass is 35.5. The Morgan fingerprint density at radius 3 is 2.61 bits per heavy atom. The second kappa shape index (κ2) is 9.92. The van der Waals surface area contributed by atoms with Gasteiger partial charge in [-0.25, -0.2) is 4.79 Å². The largest absolute Gasteiger partial charge is 0.493 e. The molecule has 158 valence electrons. The number of nitro groups is 1. The Bertz CT molecular complexity index is 1170. The number of hydrazone groups is 1. The van der Waals surface area contributed by atoms with Crippen LogP contribution < -0.4 is 14.9 Å². The standard InChI is InChI=1S/C21H15Cl2N3O5/c1-30-20-9-13(12-24-25-15-3-2-4-16(11-15)26(28)29)5-8-19(20)31-21(27)17-7-6-14(22)10-18(17)23/h2-12,25H,1H3. The van der Waals surface area contributed by atoms with Gasteiger partial charge >= 0.3 is 5.97 Å². The summed E-state index contributed by atoms with van der Waals surface area (Å²) >= 11 is 11.9. The molecular formula is C21H15Cl2N3O5. The van der Waals surface area contributed by atoms with Gasteiger partial charge in [-0.1, -0.05) is 29.3 Å². The highest BCUT2D eigenvalue weighted by Gasteiger charge is 2.16. The van der Waals surface area contributed by atoms with Gasteiger partial charge in [0.15, 0.2) is 11.5 Å². The molecule has 8 nitrogen and oxygen atoms in total. The van der Waals surface area contributed by atoms with Crippen LogP contribution in [0.2, 0.25) is 10.0 Å². The average Bonchev–Trinajstić information content (AvgIpc) is 2.74. The van der Waals surface area contributed by atoms with Crippen molar-refractivity contribution in [3.63, 3.8) is 0 Å². The lowest BCUT2D eigenvalue weighted by atomic mass is 10.2. The number of ether oxygens (including phenoxy) is 2. The zero-order valence-corrected chi connectivity index (χ0v) is 17.6. The van der Waals surface area contributed by atoms with E-state index in [-0.39, 0.29) is 22.0 Å². The molecule has 31 heavy (non-hydrogen) atoms. The van der Waals surface area contributed by atoms with Crippen LogP contribution in [0, 0.1) is 10.1 Å². The molecule has 0 aliphatic heterocycles. The predicted molar refractivity (Wildman–Crippen MR) is 119 cm³/mol.